The first-order valence-corrected chi connectivity index (χ1v) is 12.9. The zero-order chi connectivity index (χ0) is 27.4. The van der Waals surface area contributed by atoms with Gasteiger partial charge in [0.1, 0.15) is 0 Å². The lowest BCUT2D eigenvalue weighted by Gasteiger charge is -2.07. The molecule has 194 valence electrons. The van der Waals surface area contributed by atoms with E-state index in [1.54, 1.807) is 72.9 Å². The zero-order valence-electron chi connectivity index (χ0n) is 20.5. The van der Waals surface area contributed by atoms with Gasteiger partial charge in [-0.1, -0.05) is 42.5 Å². The molecule has 5 rings (SSSR count). The lowest BCUT2D eigenvalue weighted by molar-refractivity contribution is -0.136. The molecule has 9 heteroatoms. The number of ketones is 1. The van der Waals surface area contributed by atoms with Crippen LogP contribution in [-0.4, -0.2) is 39.1 Å². The molecule has 0 aliphatic carbocycles. The van der Waals surface area contributed by atoms with Crippen molar-refractivity contribution in [3.05, 3.63) is 111 Å². The van der Waals surface area contributed by atoms with Crippen molar-refractivity contribution < 1.29 is 24.6 Å². The summed E-state index contributed by atoms with van der Waals surface area (Å²) in [5, 5.41) is 24.7. The highest BCUT2D eigenvalue weighted by molar-refractivity contribution is 7.12. The summed E-state index contributed by atoms with van der Waals surface area (Å²) in [6, 6.07) is 22.6. The molecule has 5 aromatic rings. The number of hydrogen-bond donors (Lipinski definition) is 4. The van der Waals surface area contributed by atoms with Crippen molar-refractivity contribution in [3.63, 3.8) is 0 Å². The van der Waals surface area contributed by atoms with Crippen molar-refractivity contribution >= 4 is 57.5 Å². The molecule has 0 saturated heterocycles. The standard InChI is InChI=1S/C30H23N3O5S/c34-27(35)13-8-18-6-10-21(11-7-18)31-17-24-23-12-9-20(16-25(23)33-29(24)37)28(36)19-3-1-4-22(15-19)32-30(38)26-5-2-14-39-26/h1-7,9-12,14-17,33,37H,8,13H2,(H,32,38)(H,34,35). The van der Waals surface area contributed by atoms with Crippen molar-refractivity contribution in [1.29, 1.82) is 0 Å². The normalized spacial score (nSPS) is 11.2. The first-order valence-electron chi connectivity index (χ1n) is 12.1. The molecule has 0 bridgehead atoms. The van der Waals surface area contributed by atoms with Gasteiger partial charge in [0.15, 0.2) is 11.7 Å². The van der Waals surface area contributed by atoms with E-state index in [2.05, 4.69) is 15.3 Å². The first-order chi connectivity index (χ1) is 18.9. The number of aliphatic carboxylic acids is 1. The first kappa shape index (κ1) is 25.6. The Balaban J connectivity index is 1.33. The molecule has 8 nitrogen and oxygen atoms in total. The van der Waals surface area contributed by atoms with E-state index in [4.69, 9.17) is 5.11 Å². The number of carboxylic acid groups (broad SMARTS) is 1. The highest BCUT2D eigenvalue weighted by atomic mass is 32.1. The van der Waals surface area contributed by atoms with Gasteiger partial charge in [0.05, 0.1) is 16.1 Å². The number of amides is 1. The average molecular weight is 538 g/mol. The van der Waals surface area contributed by atoms with Crippen LogP contribution < -0.4 is 5.32 Å². The molecule has 4 N–H and O–H groups in total. The number of rotatable bonds is 9. The number of benzene rings is 3. The van der Waals surface area contributed by atoms with E-state index in [1.807, 2.05) is 17.5 Å². The highest BCUT2D eigenvalue weighted by Crippen LogP contribution is 2.28. The lowest BCUT2D eigenvalue weighted by Crippen LogP contribution is -2.11. The van der Waals surface area contributed by atoms with Gasteiger partial charge in [-0.3, -0.25) is 19.4 Å². The summed E-state index contributed by atoms with van der Waals surface area (Å²) in [5.74, 6) is -1.38. The Hall–Kier alpha value is -5.02. The number of aromatic nitrogens is 1. The van der Waals surface area contributed by atoms with Gasteiger partial charge in [-0.15, -0.1) is 11.3 Å². The van der Waals surface area contributed by atoms with E-state index < -0.39 is 5.97 Å². The van der Waals surface area contributed by atoms with Crippen molar-refractivity contribution in [2.45, 2.75) is 12.8 Å². The lowest BCUT2D eigenvalue weighted by atomic mass is 10.0. The fraction of sp³-hybridized carbons (Fsp3) is 0.0667. The molecule has 2 aromatic heterocycles. The molecule has 0 radical (unpaired) electrons. The zero-order valence-corrected chi connectivity index (χ0v) is 21.4. The number of carbonyl (C=O) groups excluding carboxylic acids is 2. The minimum atomic E-state index is -0.844. The van der Waals surface area contributed by atoms with Crippen LogP contribution in [-0.2, 0) is 11.2 Å². The van der Waals surface area contributed by atoms with E-state index in [9.17, 15) is 19.5 Å². The summed E-state index contributed by atoms with van der Waals surface area (Å²) in [7, 11) is 0. The van der Waals surface area contributed by atoms with Gasteiger partial charge in [-0.2, -0.15) is 0 Å². The van der Waals surface area contributed by atoms with Gasteiger partial charge in [0.2, 0.25) is 0 Å². The van der Waals surface area contributed by atoms with Crippen LogP contribution in [0.2, 0.25) is 0 Å². The predicted molar refractivity (Wildman–Crippen MR) is 152 cm³/mol. The molecule has 0 atom stereocenters. The second-order valence-electron chi connectivity index (χ2n) is 8.81. The number of thiophene rings is 1. The molecule has 1 amide bonds. The van der Waals surface area contributed by atoms with E-state index in [1.165, 1.54) is 11.3 Å². The molecular formula is C30H23N3O5S. The number of nitrogens with zero attached hydrogens (tertiary/aromatic N) is 1. The number of carboxylic acids is 1. The van der Waals surface area contributed by atoms with Crippen LogP contribution in [0, 0.1) is 0 Å². The van der Waals surface area contributed by atoms with Crippen LogP contribution in [0.3, 0.4) is 0 Å². The van der Waals surface area contributed by atoms with E-state index in [0.717, 1.165) is 5.56 Å². The third-order valence-electron chi connectivity index (χ3n) is 6.11. The molecule has 2 heterocycles. The number of anilines is 1. The van der Waals surface area contributed by atoms with Crippen LogP contribution in [0.15, 0.2) is 89.2 Å². The molecule has 0 aliphatic heterocycles. The Kier molecular flexibility index (Phi) is 7.33. The van der Waals surface area contributed by atoms with E-state index >= 15 is 0 Å². The number of hydrogen-bond acceptors (Lipinski definition) is 6. The van der Waals surface area contributed by atoms with Gasteiger partial charge in [-0.25, -0.2) is 0 Å². The maximum atomic E-state index is 13.2. The Labute approximate surface area is 227 Å². The number of aromatic hydroxyl groups is 1. The van der Waals surface area contributed by atoms with Crippen LogP contribution in [0.1, 0.15) is 43.1 Å². The Morgan fingerprint density at radius 3 is 2.49 bits per heavy atom. The molecule has 0 aliphatic rings. The van der Waals surface area contributed by atoms with Crippen molar-refractivity contribution in [3.8, 4) is 5.88 Å². The summed E-state index contributed by atoms with van der Waals surface area (Å²) in [4.78, 5) is 44.3. The van der Waals surface area contributed by atoms with Crippen molar-refractivity contribution in [1.82, 2.24) is 4.98 Å². The summed E-state index contributed by atoms with van der Waals surface area (Å²) in [6.07, 6.45) is 2.05. The fourth-order valence-corrected chi connectivity index (χ4v) is 4.74. The third-order valence-corrected chi connectivity index (χ3v) is 6.98. The Bertz CT molecular complexity index is 1700. The van der Waals surface area contributed by atoms with Crippen LogP contribution in [0.4, 0.5) is 11.4 Å². The average Bonchev–Trinajstić information content (AvgIpc) is 3.58. The number of aryl methyl sites for hydroxylation is 1. The van der Waals surface area contributed by atoms with Crippen molar-refractivity contribution in [2.75, 3.05) is 5.32 Å². The van der Waals surface area contributed by atoms with Crippen molar-refractivity contribution in [2.24, 2.45) is 4.99 Å². The number of carbonyl (C=O) groups is 3. The highest BCUT2D eigenvalue weighted by Gasteiger charge is 2.15. The maximum Gasteiger partial charge on any atom is 0.303 e. The number of nitrogens with one attached hydrogen (secondary N) is 2. The summed E-state index contributed by atoms with van der Waals surface area (Å²) in [6.45, 7) is 0. The second kappa shape index (κ2) is 11.2. The van der Waals surface area contributed by atoms with E-state index in [-0.39, 0.29) is 24.0 Å². The Morgan fingerprint density at radius 2 is 1.74 bits per heavy atom. The van der Waals surface area contributed by atoms with Gasteiger partial charge < -0.3 is 20.5 Å². The number of aliphatic imine (C=N–C) groups is 1. The molecule has 0 spiro atoms. The molecular weight excluding hydrogens is 514 g/mol. The molecule has 0 unspecified atom stereocenters. The van der Waals surface area contributed by atoms with E-state index in [0.29, 0.717) is 50.3 Å². The number of H-pyrrole nitrogens is 1. The molecule has 0 saturated carbocycles. The monoisotopic (exact) mass is 537 g/mol. The molecule has 0 fully saturated rings. The second-order valence-corrected chi connectivity index (χ2v) is 9.76. The van der Waals surface area contributed by atoms with Gasteiger partial charge in [0.25, 0.3) is 5.91 Å². The minimum absolute atomic E-state index is 0.0634. The third kappa shape index (κ3) is 5.94. The topological polar surface area (TPSA) is 132 Å². The van der Waals surface area contributed by atoms with Crippen LogP contribution in [0.25, 0.3) is 10.9 Å². The summed E-state index contributed by atoms with van der Waals surface area (Å²) < 4.78 is 0. The fourth-order valence-electron chi connectivity index (χ4n) is 4.12. The largest absolute Gasteiger partial charge is 0.494 e. The summed E-state index contributed by atoms with van der Waals surface area (Å²) in [5.41, 5.74) is 3.97. The Morgan fingerprint density at radius 1 is 0.949 bits per heavy atom. The predicted octanol–water partition coefficient (Wildman–Crippen LogP) is 6.19. The quantitative estimate of drug-likeness (QED) is 0.132. The number of fused-ring (bicyclic) bond motifs is 1. The maximum absolute atomic E-state index is 13.2. The smallest absolute Gasteiger partial charge is 0.303 e. The SMILES string of the molecule is O=C(O)CCc1ccc(N=Cc2c(O)[nH]c3cc(C(=O)c4cccc(NC(=O)c5cccs5)c4)ccc23)cc1. The minimum Gasteiger partial charge on any atom is -0.494 e. The molecule has 39 heavy (non-hydrogen) atoms. The van der Waals surface area contributed by atoms with Crippen LogP contribution in [0.5, 0.6) is 5.88 Å². The van der Waals surface area contributed by atoms with Gasteiger partial charge in [0, 0.05) is 40.4 Å². The molecule has 3 aromatic carbocycles. The van der Waals surface area contributed by atoms with Gasteiger partial charge in [-0.05, 0) is 53.8 Å². The number of aromatic amines is 1. The van der Waals surface area contributed by atoms with Crippen LogP contribution >= 0.6 is 11.3 Å². The van der Waals surface area contributed by atoms with Gasteiger partial charge >= 0.3 is 5.97 Å². The summed E-state index contributed by atoms with van der Waals surface area (Å²) >= 11 is 1.34.